The highest BCUT2D eigenvalue weighted by Crippen LogP contribution is 2.25. The van der Waals surface area contributed by atoms with E-state index in [9.17, 15) is 14.7 Å². The molecule has 0 aliphatic rings. The van der Waals surface area contributed by atoms with Gasteiger partial charge in [-0.2, -0.15) is 0 Å². The average Bonchev–Trinajstić information content (AvgIpc) is 2.67. The number of rotatable bonds is 5. The number of hydrogen-bond donors (Lipinski definition) is 1. The molecule has 1 atom stereocenters. The quantitative estimate of drug-likeness (QED) is 0.432. The third-order valence-corrected chi connectivity index (χ3v) is 4.04. The molecule has 0 fully saturated rings. The first-order valence-corrected chi connectivity index (χ1v) is 7.97. The minimum absolute atomic E-state index is 0.0307. The van der Waals surface area contributed by atoms with Crippen LogP contribution in [0.3, 0.4) is 0 Å². The van der Waals surface area contributed by atoms with Crippen LogP contribution in [-0.2, 0) is 4.74 Å². The molecule has 2 aromatic carbocycles. The van der Waals surface area contributed by atoms with Crippen molar-refractivity contribution in [3.63, 3.8) is 0 Å². The molecule has 132 valence electrons. The second-order valence-corrected chi connectivity index (χ2v) is 5.70. The summed E-state index contributed by atoms with van der Waals surface area (Å²) >= 11 is 0. The van der Waals surface area contributed by atoms with Crippen molar-refractivity contribution in [2.45, 2.75) is 13.0 Å². The Morgan fingerprint density at radius 2 is 1.88 bits per heavy atom. The number of hydrogen-bond acceptors (Lipinski definition) is 6. The summed E-state index contributed by atoms with van der Waals surface area (Å²) in [7, 11) is 1.48. The van der Waals surface area contributed by atoms with Gasteiger partial charge in [-0.25, -0.2) is 4.79 Å². The van der Waals surface area contributed by atoms with E-state index in [1.165, 1.54) is 13.3 Å². The molecule has 0 radical (unpaired) electrons. The van der Waals surface area contributed by atoms with Gasteiger partial charge in [0.05, 0.1) is 11.1 Å². The van der Waals surface area contributed by atoms with Crippen LogP contribution in [0.5, 0.6) is 5.75 Å². The Morgan fingerprint density at radius 1 is 1.19 bits per heavy atom. The number of ether oxygens (including phenoxy) is 1. The molecule has 6 heteroatoms. The molecule has 0 saturated carbocycles. The summed E-state index contributed by atoms with van der Waals surface area (Å²) in [5, 5.41) is 10.7. The molecule has 1 N–H and O–H groups in total. The molecule has 0 bridgehead atoms. The second-order valence-electron chi connectivity index (χ2n) is 5.70. The van der Waals surface area contributed by atoms with Gasteiger partial charge >= 0.3 is 5.63 Å². The molecule has 3 aromatic rings. The van der Waals surface area contributed by atoms with Crippen LogP contribution in [0.1, 0.15) is 22.8 Å². The third-order valence-electron chi connectivity index (χ3n) is 4.04. The van der Waals surface area contributed by atoms with Crippen LogP contribution in [0.2, 0.25) is 0 Å². The van der Waals surface area contributed by atoms with Gasteiger partial charge in [-0.05, 0) is 43.3 Å². The van der Waals surface area contributed by atoms with Crippen molar-refractivity contribution >= 4 is 28.7 Å². The van der Waals surface area contributed by atoms with Gasteiger partial charge in [-0.15, -0.1) is 0 Å². The van der Waals surface area contributed by atoms with Gasteiger partial charge in [0.15, 0.2) is 5.78 Å². The molecule has 0 amide bonds. The van der Waals surface area contributed by atoms with Crippen LogP contribution in [0.15, 0.2) is 62.7 Å². The lowest BCUT2D eigenvalue weighted by molar-refractivity contribution is 0.0655. The fraction of sp³-hybridized carbons (Fsp3) is 0.150. The van der Waals surface area contributed by atoms with E-state index in [1.54, 1.807) is 55.5 Å². The summed E-state index contributed by atoms with van der Waals surface area (Å²) in [5.41, 5.74) is 0.634. The number of nitrogens with zero attached hydrogens (tertiary/aromatic N) is 1. The van der Waals surface area contributed by atoms with E-state index < -0.39 is 11.7 Å². The summed E-state index contributed by atoms with van der Waals surface area (Å²) in [6.07, 6.45) is 0.728. The fourth-order valence-corrected chi connectivity index (χ4v) is 2.45. The van der Waals surface area contributed by atoms with E-state index in [2.05, 4.69) is 4.99 Å². The van der Waals surface area contributed by atoms with Gasteiger partial charge in [-0.1, -0.05) is 12.1 Å². The van der Waals surface area contributed by atoms with Crippen LogP contribution in [0.4, 0.5) is 5.69 Å². The summed E-state index contributed by atoms with van der Waals surface area (Å²) in [4.78, 5) is 28.3. The number of aromatic hydroxyl groups is 1. The number of ketones is 1. The summed E-state index contributed by atoms with van der Waals surface area (Å²) in [6, 6.07) is 13.3. The molecular formula is C20H17NO5. The molecule has 1 heterocycles. The molecule has 1 unspecified atom stereocenters. The second kappa shape index (κ2) is 7.33. The Hall–Kier alpha value is -3.25. The summed E-state index contributed by atoms with van der Waals surface area (Å²) in [6.45, 7) is 1.68. The number of fused-ring (bicyclic) bond motifs is 1. The minimum Gasteiger partial charge on any atom is -0.506 e. The van der Waals surface area contributed by atoms with Crippen LogP contribution in [0.25, 0.3) is 11.0 Å². The van der Waals surface area contributed by atoms with Gasteiger partial charge < -0.3 is 14.3 Å². The van der Waals surface area contributed by atoms with Crippen LogP contribution < -0.4 is 5.63 Å². The maximum atomic E-state index is 12.1. The van der Waals surface area contributed by atoms with Crippen molar-refractivity contribution in [3.8, 4) is 5.75 Å². The van der Waals surface area contributed by atoms with Crippen LogP contribution >= 0.6 is 0 Å². The van der Waals surface area contributed by atoms with Gasteiger partial charge in [-0.3, -0.25) is 9.79 Å². The first-order valence-electron chi connectivity index (χ1n) is 7.97. The number of benzene rings is 2. The number of Topliss-reactive ketones (excluding diaryl/α,β-unsaturated/α-hetero) is 1. The zero-order valence-electron chi connectivity index (χ0n) is 14.3. The van der Waals surface area contributed by atoms with Crippen LogP contribution in [0, 0.1) is 0 Å². The first kappa shape index (κ1) is 17.6. The molecule has 0 aliphatic carbocycles. The summed E-state index contributed by atoms with van der Waals surface area (Å²) < 4.78 is 10.2. The number of para-hydroxylation sites is 1. The predicted octanol–water partition coefficient (Wildman–Crippen LogP) is 3.47. The van der Waals surface area contributed by atoms with Crippen molar-refractivity contribution in [2.75, 3.05) is 7.11 Å². The normalized spacial score (nSPS) is 12.5. The lowest BCUT2D eigenvalue weighted by Crippen LogP contribution is -2.18. The number of methoxy groups -OCH3 is 1. The standard InChI is InChI=1S/C20H17NO5/c1-12(25-2)18(22)13-7-9-14(10-8-13)21-11-16-19(23)15-5-3-4-6-17(15)26-20(16)24/h3-12,23H,1-2H3. The first-order chi connectivity index (χ1) is 12.5. The lowest BCUT2D eigenvalue weighted by Gasteiger charge is -2.08. The topological polar surface area (TPSA) is 89.1 Å². The van der Waals surface area contributed by atoms with E-state index >= 15 is 0 Å². The highest BCUT2D eigenvalue weighted by Gasteiger charge is 2.14. The molecule has 6 nitrogen and oxygen atoms in total. The predicted molar refractivity (Wildman–Crippen MR) is 98.6 cm³/mol. The van der Waals surface area contributed by atoms with Gasteiger partial charge in [0, 0.05) is 18.9 Å². The SMILES string of the molecule is COC(C)C(=O)c1ccc(N=Cc2c(O)c3ccccc3oc2=O)cc1. The van der Waals surface area contributed by atoms with Crippen molar-refractivity contribution < 1.29 is 19.1 Å². The number of carbonyl (C=O) groups excluding carboxylic acids is 1. The van der Waals surface area contributed by atoms with Gasteiger partial charge in [0.25, 0.3) is 0 Å². The molecule has 0 aliphatic heterocycles. The Balaban J connectivity index is 1.90. The van der Waals surface area contributed by atoms with E-state index in [0.29, 0.717) is 22.2 Å². The molecule has 3 rings (SSSR count). The van der Waals surface area contributed by atoms with Crippen molar-refractivity contribution in [2.24, 2.45) is 4.99 Å². The van der Waals surface area contributed by atoms with E-state index in [0.717, 1.165) is 0 Å². The monoisotopic (exact) mass is 351 g/mol. The zero-order chi connectivity index (χ0) is 18.7. The Labute approximate surface area is 149 Å². The van der Waals surface area contributed by atoms with Gasteiger partial charge in [0.1, 0.15) is 23.0 Å². The van der Waals surface area contributed by atoms with Crippen LogP contribution in [-0.4, -0.2) is 30.3 Å². The highest BCUT2D eigenvalue weighted by atomic mass is 16.5. The minimum atomic E-state index is -0.675. The molecule has 26 heavy (non-hydrogen) atoms. The van der Waals surface area contributed by atoms with Crippen molar-refractivity contribution in [1.82, 2.24) is 0 Å². The maximum Gasteiger partial charge on any atom is 0.348 e. The molecule has 0 spiro atoms. The Bertz CT molecular complexity index is 1030. The Morgan fingerprint density at radius 3 is 2.58 bits per heavy atom. The maximum absolute atomic E-state index is 12.1. The zero-order valence-corrected chi connectivity index (χ0v) is 14.3. The van der Waals surface area contributed by atoms with E-state index in [4.69, 9.17) is 9.15 Å². The largest absolute Gasteiger partial charge is 0.506 e. The summed E-state index contributed by atoms with van der Waals surface area (Å²) in [5.74, 6) is -0.308. The fourth-order valence-electron chi connectivity index (χ4n) is 2.45. The molecular weight excluding hydrogens is 334 g/mol. The Kier molecular flexibility index (Phi) is 4.95. The van der Waals surface area contributed by atoms with E-state index in [1.807, 2.05) is 0 Å². The highest BCUT2D eigenvalue weighted by molar-refractivity contribution is 5.99. The third kappa shape index (κ3) is 3.41. The van der Waals surface area contributed by atoms with Gasteiger partial charge in [0.2, 0.25) is 0 Å². The average molecular weight is 351 g/mol. The van der Waals surface area contributed by atoms with E-state index in [-0.39, 0.29) is 17.1 Å². The van der Waals surface area contributed by atoms with Crippen molar-refractivity contribution in [3.05, 3.63) is 70.1 Å². The number of carbonyl (C=O) groups is 1. The van der Waals surface area contributed by atoms with Crippen molar-refractivity contribution in [1.29, 1.82) is 0 Å². The molecule has 1 aromatic heterocycles. The molecule has 0 saturated heterocycles. The number of aliphatic imine (C=N–C) groups is 1. The lowest BCUT2D eigenvalue weighted by atomic mass is 10.1. The smallest absolute Gasteiger partial charge is 0.348 e.